The van der Waals surface area contributed by atoms with Crippen molar-refractivity contribution in [3.63, 3.8) is 0 Å². The Morgan fingerprint density at radius 3 is 2.28 bits per heavy atom. The third kappa shape index (κ3) is 3.59. The Labute approximate surface area is 107 Å². The lowest BCUT2D eigenvalue weighted by molar-refractivity contribution is 0.475. The minimum absolute atomic E-state index is 0.254. The van der Waals surface area contributed by atoms with Crippen molar-refractivity contribution in [2.45, 2.75) is 6.92 Å². The van der Waals surface area contributed by atoms with E-state index in [2.05, 4.69) is 36.2 Å². The molecule has 0 bridgehead atoms. The van der Waals surface area contributed by atoms with Gasteiger partial charge in [-0.05, 0) is 42.8 Å². The summed E-state index contributed by atoms with van der Waals surface area (Å²) in [6.45, 7) is 2.07. The maximum absolute atomic E-state index is 9.13. The van der Waals surface area contributed by atoms with Gasteiger partial charge in [0.15, 0.2) is 0 Å². The van der Waals surface area contributed by atoms with Gasteiger partial charge in [-0.2, -0.15) is 0 Å². The average Bonchev–Trinajstić information content (AvgIpc) is 2.39. The van der Waals surface area contributed by atoms with Crippen molar-refractivity contribution < 1.29 is 5.11 Å². The summed E-state index contributed by atoms with van der Waals surface area (Å²) < 4.78 is 0. The molecule has 0 fully saturated rings. The van der Waals surface area contributed by atoms with Gasteiger partial charge in [-0.15, -0.1) is 0 Å². The Hall–Kier alpha value is -2.35. The molecule has 0 atom stereocenters. The van der Waals surface area contributed by atoms with Crippen molar-refractivity contribution in [3.8, 4) is 5.75 Å². The molecule has 0 saturated heterocycles. The normalized spacial score (nSPS) is 11.4. The molecule has 0 saturated carbocycles. The van der Waals surface area contributed by atoms with E-state index in [0.717, 1.165) is 11.3 Å². The van der Waals surface area contributed by atoms with E-state index < -0.39 is 0 Å². The van der Waals surface area contributed by atoms with Crippen molar-refractivity contribution in [2.24, 2.45) is 4.99 Å². The highest BCUT2D eigenvalue weighted by Crippen LogP contribution is 2.15. The smallest absolute Gasteiger partial charge is 0.115 e. The molecule has 0 amide bonds. The SMILES string of the molecule is Cc1ccc(/C=C/C=N/c2ccc(O)cc2)cc1. The van der Waals surface area contributed by atoms with E-state index in [1.807, 2.05) is 12.2 Å². The highest BCUT2D eigenvalue weighted by atomic mass is 16.3. The Morgan fingerprint density at radius 2 is 1.61 bits per heavy atom. The van der Waals surface area contributed by atoms with Gasteiger partial charge in [-0.25, -0.2) is 0 Å². The van der Waals surface area contributed by atoms with Crippen LogP contribution in [0.5, 0.6) is 5.75 Å². The van der Waals surface area contributed by atoms with Gasteiger partial charge < -0.3 is 5.11 Å². The molecule has 2 heteroatoms. The number of phenols is 1. The molecule has 0 aromatic heterocycles. The van der Waals surface area contributed by atoms with E-state index in [0.29, 0.717) is 0 Å². The fraction of sp³-hybridized carbons (Fsp3) is 0.0625. The van der Waals surface area contributed by atoms with Gasteiger partial charge in [0.2, 0.25) is 0 Å². The fourth-order valence-corrected chi connectivity index (χ4v) is 1.50. The first-order chi connectivity index (χ1) is 8.74. The second-order valence-corrected chi connectivity index (χ2v) is 4.06. The van der Waals surface area contributed by atoms with Crippen LogP contribution in [0.2, 0.25) is 0 Å². The second-order valence-electron chi connectivity index (χ2n) is 4.06. The van der Waals surface area contributed by atoms with Crippen molar-refractivity contribution >= 4 is 18.0 Å². The Balaban J connectivity index is 1.98. The Bertz CT molecular complexity index is 497. The lowest BCUT2D eigenvalue weighted by Gasteiger charge is -1.94. The number of hydrogen-bond acceptors (Lipinski definition) is 2. The average molecular weight is 237 g/mol. The first-order valence-corrected chi connectivity index (χ1v) is 5.80. The van der Waals surface area contributed by atoms with Crippen LogP contribution < -0.4 is 0 Å². The Kier molecular flexibility index (Phi) is 3.92. The van der Waals surface area contributed by atoms with Gasteiger partial charge in [0.1, 0.15) is 5.75 Å². The van der Waals surface area contributed by atoms with Crippen molar-refractivity contribution in [1.29, 1.82) is 0 Å². The number of allylic oxidation sites excluding steroid dienone is 1. The van der Waals surface area contributed by atoms with Gasteiger partial charge >= 0.3 is 0 Å². The number of aromatic hydroxyl groups is 1. The van der Waals surface area contributed by atoms with Gasteiger partial charge in [0.25, 0.3) is 0 Å². The zero-order valence-corrected chi connectivity index (χ0v) is 10.2. The largest absolute Gasteiger partial charge is 0.508 e. The maximum Gasteiger partial charge on any atom is 0.115 e. The number of aryl methyl sites for hydroxylation is 1. The van der Waals surface area contributed by atoms with Crippen molar-refractivity contribution in [1.82, 2.24) is 0 Å². The lowest BCUT2D eigenvalue weighted by atomic mass is 10.1. The standard InChI is InChI=1S/C16H15NO/c1-13-4-6-14(7-5-13)3-2-12-17-15-8-10-16(18)11-9-15/h2-12,18H,1H3/b3-2+,17-12+. The number of hydrogen-bond donors (Lipinski definition) is 1. The van der Waals surface area contributed by atoms with Crippen LogP contribution >= 0.6 is 0 Å². The number of nitrogens with zero attached hydrogens (tertiary/aromatic N) is 1. The number of phenolic OH excluding ortho intramolecular Hbond substituents is 1. The highest BCUT2D eigenvalue weighted by molar-refractivity contribution is 5.80. The molecule has 1 N–H and O–H groups in total. The molecular weight excluding hydrogens is 222 g/mol. The molecular formula is C16H15NO. The molecule has 2 aromatic rings. The van der Waals surface area contributed by atoms with Crippen LogP contribution in [-0.2, 0) is 0 Å². The third-order valence-electron chi connectivity index (χ3n) is 2.53. The van der Waals surface area contributed by atoms with Gasteiger partial charge in [0.05, 0.1) is 5.69 Å². The van der Waals surface area contributed by atoms with Crippen molar-refractivity contribution in [3.05, 3.63) is 65.7 Å². The van der Waals surface area contributed by atoms with Gasteiger partial charge in [-0.1, -0.05) is 35.9 Å². The predicted molar refractivity (Wildman–Crippen MR) is 76.5 cm³/mol. The highest BCUT2D eigenvalue weighted by Gasteiger charge is 1.88. The van der Waals surface area contributed by atoms with Crippen LogP contribution in [0.25, 0.3) is 6.08 Å². The van der Waals surface area contributed by atoms with E-state index in [1.165, 1.54) is 5.56 Å². The molecule has 0 radical (unpaired) electrons. The monoisotopic (exact) mass is 237 g/mol. The molecule has 18 heavy (non-hydrogen) atoms. The van der Waals surface area contributed by atoms with Crippen LogP contribution in [-0.4, -0.2) is 11.3 Å². The zero-order chi connectivity index (χ0) is 12.8. The van der Waals surface area contributed by atoms with Gasteiger partial charge in [-0.3, -0.25) is 4.99 Å². The first-order valence-electron chi connectivity index (χ1n) is 5.80. The fourth-order valence-electron chi connectivity index (χ4n) is 1.50. The van der Waals surface area contributed by atoms with E-state index in [9.17, 15) is 0 Å². The van der Waals surface area contributed by atoms with Crippen LogP contribution in [0.4, 0.5) is 5.69 Å². The Morgan fingerprint density at radius 1 is 0.944 bits per heavy atom. The van der Waals surface area contributed by atoms with Crippen molar-refractivity contribution in [2.75, 3.05) is 0 Å². The van der Waals surface area contributed by atoms with Crippen LogP contribution in [0.15, 0.2) is 59.6 Å². The first kappa shape index (κ1) is 12.1. The summed E-state index contributed by atoms with van der Waals surface area (Å²) >= 11 is 0. The molecule has 0 aliphatic rings. The van der Waals surface area contributed by atoms with Crippen LogP contribution in [0, 0.1) is 6.92 Å². The summed E-state index contributed by atoms with van der Waals surface area (Å²) in [6, 6.07) is 15.1. The summed E-state index contributed by atoms with van der Waals surface area (Å²) in [5, 5.41) is 9.13. The van der Waals surface area contributed by atoms with E-state index in [1.54, 1.807) is 30.5 Å². The zero-order valence-electron chi connectivity index (χ0n) is 10.2. The summed E-state index contributed by atoms with van der Waals surface area (Å²) in [5.41, 5.74) is 3.23. The van der Waals surface area contributed by atoms with E-state index in [4.69, 9.17) is 5.11 Å². The summed E-state index contributed by atoms with van der Waals surface area (Å²) in [6.07, 6.45) is 5.65. The molecule has 0 spiro atoms. The van der Waals surface area contributed by atoms with E-state index >= 15 is 0 Å². The second kappa shape index (κ2) is 5.82. The van der Waals surface area contributed by atoms with Gasteiger partial charge in [0, 0.05) is 6.21 Å². The summed E-state index contributed by atoms with van der Waals surface area (Å²) in [5.74, 6) is 0.254. The molecule has 0 aliphatic carbocycles. The summed E-state index contributed by atoms with van der Waals surface area (Å²) in [7, 11) is 0. The minimum atomic E-state index is 0.254. The molecule has 0 unspecified atom stereocenters. The van der Waals surface area contributed by atoms with E-state index in [-0.39, 0.29) is 5.75 Å². The molecule has 2 nitrogen and oxygen atoms in total. The molecule has 0 heterocycles. The molecule has 2 aromatic carbocycles. The quantitative estimate of drug-likeness (QED) is 0.800. The number of aliphatic imine (C=N–C) groups is 1. The minimum Gasteiger partial charge on any atom is -0.508 e. The molecule has 90 valence electrons. The summed E-state index contributed by atoms with van der Waals surface area (Å²) in [4.78, 5) is 4.26. The third-order valence-corrected chi connectivity index (χ3v) is 2.53. The number of benzene rings is 2. The molecule has 0 aliphatic heterocycles. The van der Waals surface area contributed by atoms with Crippen LogP contribution in [0.3, 0.4) is 0 Å². The van der Waals surface area contributed by atoms with Crippen LogP contribution in [0.1, 0.15) is 11.1 Å². The maximum atomic E-state index is 9.13. The predicted octanol–water partition coefficient (Wildman–Crippen LogP) is 4.12. The topological polar surface area (TPSA) is 32.6 Å². The lowest BCUT2D eigenvalue weighted by Crippen LogP contribution is -1.73. The molecule has 2 rings (SSSR count). The number of rotatable bonds is 3.